The van der Waals surface area contributed by atoms with Crippen LogP contribution in [0.1, 0.15) is 11.6 Å². The fourth-order valence-corrected chi connectivity index (χ4v) is 4.03. The Hall–Kier alpha value is -1.06. The van der Waals surface area contributed by atoms with Gasteiger partial charge in [0.2, 0.25) is 10.0 Å². The van der Waals surface area contributed by atoms with Gasteiger partial charge in [-0.05, 0) is 13.1 Å². The number of hydrogen-bond donors (Lipinski definition) is 0. The average Bonchev–Trinajstić information content (AvgIpc) is 2.55. The van der Waals surface area contributed by atoms with Gasteiger partial charge >= 0.3 is 0 Å². The van der Waals surface area contributed by atoms with Crippen molar-refractivity contribution < 1.29 is 22.3 Å². The van der Waals surface area contributed by atoms with Crippen molar-refractivity contribution >= 4 is 10.0 Å². The second-order valence-electron chi connectivity index (χ2n) is 5.80. The number of halogens is 1. The molecule has 1 fully saturated rings. The molecule has 0 aromatic heterocycles. The molecule has 2 rings (SSSR count). The minimum atomic E-state index is -3.43. The van der Waals surface area contributed by atoms with Gasteiger partial charge in [-0.25, -0.2) is 12.8 Å². The molecule has 1 saturated heterocycles. The number of methoxy groups -OCH3 is 1. The summed E-state index contributed by atoms with van der Waals surface area (Å²) in [5.74, 6) is -0.388. The molecule has 0 spiro atoms. The number of rotatable bonds is 8. The number of likely N-dealkylation sites (N-methyl/N-ethyl adjacent to an activating group) is 1. The molecule has 136 valence electrons. The molecule has 1 aliphatic rings. The van der Waals surface area contributed by atoms with E-state index < -0.39 is 10.0 Å². The highest BCUT2D eigenvalue weighted by atomic mass is 32.2. The molecule has 0 saturated carbocycles. The molecule has 0 aliphatic carbocycles. The van der Waals surface area contributed by atoms with E-state index in [1.165, 1.54) is 10.4 Å². The van der Waals surface area contributed by atoms with Gasteiger partial charge in [0.1, 0.15) is 5.82 Å². The zero-order chi connectivity index (χ0) is 17.6. The third-order valence-corrected chi connectivity index (χ3v) is 5.99. The summed E-state index contributed by atoms with van der Waals surface area (Å²) in [7, 11) is 0.0172. The zero-order valence-corrected chi connectivity index (χ0v) is 15.0. The minimum Gasteiger partial charge on any atom is -0.382 e. The van der Waals surface area contributed by atoms with Gasteiger partial charge in [-0.15, -0.1) is 0 Å². The molecular formula is C16H25FN2O4S. The van der Waals surface area contributed by atoms with Crippen LogP contribution in [0.2, 0.25) is 0 Å². The van der Waals surface area contributed by atoms with Gasteiger partial charge < -0.3 is 9.47 Å². The first-order valence-electron chi connectivity index (χ1n) is 7.95. The van der Waals surface area contributed by atoms with E-state index in [9.17, 15) is 12.8 Å². The first-order valence-corrected chi connectivity index (χ1v) is 9.56. The third kappa shape index (κ3) is 4.97. The highest BCUT2D eigenvalue weighted by Gasteiger charge is 2.33. The van der Waals surface area contributed by atoms with Crippen molar-refractivity contribution in [3.63, 3.8) is 0 Å². The molecule has 0 amide bonds. The lowest BCUT2D eigenvalue weighted by atomic mass is 10.0. The van der Waals surface area contributed by atoms with Crippen LogP contribution in [0.15, 0.2) is 24.3 Å². The normalized spacial score (nSPS) is 20.4. The lowest BCUT2D eigenvalue weighted by Crippen LogP contribution is -2.50. The van der Waals surface area contributed by atoms with Gasteiger partial charge in [-0.3, -0.25) is 4.90 Å². The van der Waals surface area contributed by atoms with E-state index in [1.807, 2.05) is 11.9 Å². The Kier molecular flexibility index (Phi) is 7.12. The minimum absolute atomic E-state index is 0.0789. The summed E-state index contributed by atoms with van der Waals surface area (Å²) < 4.78 is 50.6. The van der Waals surface area contributed by atoms with Crippen LogP contribution < -0.4 is 0 Å². The van der Waals surface area contributed by atoms with Gasteiger partial charge in [0.05, 0.1) is 31.6 Å². The summed E-state index contributed by atoms with van der Waals surface area (Å²) in [4.78, 5) is 1.99. The second kappa shape index (κ2) is 8.87. The number of benzene rings is 1. The summed E-state index contributed by atoms with van der Waals surface area (Å²) in [6.07, 6.45) is 0. The Balaban J connectivity index is 2.00. The van der Waals surface area contributed by atoms with E-state index >= 15 is 0 Å². The number of nitrogens with zero attached hydrogens (tertiary/aromatic N) is 2. The first-order chi connectivity index (χ1) is 11.5. The molecule has 1 heterocycles. The Morgan fingerprint density at radius 2 is 1.96 bits per heavy atom. The van der Waals surface area contributed by atoms with Crippen molar-refractivity contribution in [2.24, 2.45) is 0 Å². The topological polar surface area (TPSA) is 59.1 Å². The van der Waals surface area contributed by atoms with Gasteiger partial charge in [0, 0.05) is 32.3 Å². The number of sulfonamides is 1. The molecule has 24 heavy (non-hydrogen) atoms. The Labute approximate surface area is 143 Å². The molecular weight excluding hydrogens is 335 g/mol. The van der Waals surface area contributed by atoms with Gasteiger partial charge in [0.15, 0.2) is 0 Å². The molecule has 1 aromatic carbocycles. The molecule has 1 unspecified atom stereocenters. The third-order valence-electron chi connectivity index (χ3n) is 4.19. The predicted octanol–water partition coefficient (Wildman–Crippen LogP) is 1.11. The van der Waals surface area contributed by atoms with Crippen molar-refractivity contribution in [1.29, 1.82) is 0 Å². The number of hydrogen-bond acceptors (Lipinski definition) is 5. The number of ether oxygens (including phenoxy) is 2. The smallest absolute Gasteiger partial charge is 0.216 e. The van der Waals surface area contributed by atoms with Crippen molar-refractivity contribution in [3.05, 3.63) is 35.6 Å². The van der Waals surface area contributed by atoms with E-state index in [2.05, 4.69) is 0 Å². The van der Waals surface area contributed by atoms with Crippen molar-refractivity contribution in [2.45, 2.75) is 6.04 Å². The molecule has 6 nitrogen and oxygen atoms in total. The summed E-state index contributed by atoms with van der Waals surface area (Å²) in [6, 6.07) is 6.22. The lowest BCUT2D eigenvalue weighted by molar-refractivity contribution is 0.0777. The molecule has 0 bridgehead atoms. The van der Waals surface area contributed by atoms with Crippen LogP contribution in [0.3, 0.4) is 0 Å². The van der Waals surface area contributed by atoms with E-state index in [-0.39, 0.29) is 30.8 Å². The first kappa shape index (κ1) is 19.3. The maximum absolute atomic E-state index is 14.1. The van der Waals surface area contributed by atoms with Crippen molar-refractivity contribution in [2.75, 3.05) is 59.4 Å². The fourth-order valence-electron chi connectivity index (χ4n) is 2.72. The quantitative estimate of drug-likeness (QED) is 0.650. The molecule has 0 N–H and O–H groups in total. The SMILES string of the molecule is COCCOCCS(=O)(=O)N1CCN(C)C(c2ccccc2F)C1. The van der Waals surface area contributed by atoms with E-state index in [0.717, 1.165) is 0 Å². The Bertz CT molecular complexity index is 626. The van der Waals surface area contributed by atoms with Crippen molar-refractivity contribution in [3.8, 4) is 0 Å². The fraction of sp³-hybridized carbons (Fsp3) is 0.625. The molecule has 1 aliphatic heterocycles. The molecule has 8 heteroatoms. The van der Waals surface area contributed by atoms with Crippen molar-refractivity contribution in [1.82, 2.24) is 9.21 Å². The molecule has 0 radical (unpaired) electrons. The monoisotopic (exact) mass is 360 g/mol. The van der Waals surface area contributed by atoms with Crippen LogP contribution in [-0.2, 0) is 19.5 Å². The number of piperazine rings is 1. The largest absolute Gasteiger partial charge is 0.382 e. The predicted molar refractivity (Wildman–Crippen MR) is 89.8 cm³/mol. The average molecular weight is 360 g/mol. The standard InChI is InChI=1S/C16H25FN2O4S/c1-18-7-8-19(24(20,21)12-11-23-10-9-22-2)13-16(18)14-5-3-4-6-15(14)17/h3-6,16H,7-13H2,1-2H3. The Morgan fingerprint density at radius 1 is 1.21 bits per heavy atom. The highest BCUT2D eigenvalue weighted by molar-refractivity contribution is 7.89. The van der Waals surface area contributed by atoms with E-state index in [4.69, 9.17) is 9.47 Å². The second-order valence-corrected chi connectivity index (χ2v) is 7.89. The van der Waals surface area contributed by atoms with Crippen LogP contribution >= 0.6 is 0 Å². The highest BCUT2D eigenvalue weighted by Crippen LogP contribution is 2.27. The zero-order valence-electron chi connectivity index (χ0n) is 14.2. The van der Waals surface area contributed by atoms with Crippen LogP contribution in [0.5, 0.6) is 0 Å². The van der Waals surface area contributed by atoms with Crippen LogP contribution in [0.4, 0.5) is 4.39 Å². The van der Waals surface area contributed by atoms with Crippen LogP contribution in [0.25, 0.3) is 0 Å². The lowest BCUT2D eigenvalue weighted by Gasteiger charge is -2.39. The molecule has 1 atom stereocenters. The van der Waals surface area contributed by atoms with Crippen LogP contribution in [-0.4, -0.2) is 77.0 Å². The maximum atomic E-state index is 14.1. The van der Waals surface area contributed by atoms with Gasteiger partial charge in [-0.1, -0.05) is 18.2 Å². The Morgan fingerprint density at radius 3 is 2.67 bits per heavy atom. The molecule has 1 aromatic rings. The maximum Gasteiger partial charge on any atom is 0.216 e. The van der Waals surface area contributed by atoms with Gasteiger partial charge in [-0.2, -0.15) is 4.31 Å². The summed E-state index contributed by atoms with van der Waals surface area (Å²) in [6.45, 7) is 2.14. The summed E-state index contributed by atoms with van der Waals surface area (Å²) >= 11 is 0. The summed E-state index contributed by atoms with van der Waals surface area (Å²) in [5, 5.41) is 0. The van der Waals surface area contributed by atoms with Gasteiger partial charge in [0.25, 0.3) is 0 Å². The van der Waals surface area contributed by atoms with E-state index in [1.54, 1.807) is 25.3 Å². The van der Waals surface area contributed by atoms with Crippen LogP contribution in [0, 0.1) is 5.82 Å². The summed E-state index contributed by atoms with van der Waals surface area (Å²) in [5.41, 5.74) is 0.524. The van der Waals surface area contributed by atoms with E-state index in [0.29, 0.717) is 31.9 Å².